The molecule has 1 aliphatic heterocycles. The highest BCUT2D eigenvalue weighted by Crippen LogP contribution is 2.29. The summed E-state index contributed by atoms with van der Waals surface area (Å²) in [6.45, 7) is 3.40. The van der Waals surface area contributed by atoms with Gasteiger partial charge in [-0.1, -0.05) is 0 Å². The first-order valence-electron chi connectivity index (χ1n) is 6.10. The third kappa shape index (κ3) is 2.29. The fourth-order valence-corrected chi connectivity index (χ4v) is 2.13. The second kappa shape index (κ2) is 4.32. The van der Waals surface area contributed by atoms with Crippen LogP contribution < -0.4 is 5.32 Å². The van der Waals surface area contributed by atoms with Crippen molar-refractivity contribution in [1.29, 1.82) is 5.26 Å². The van der Waals surface area contributed by atoms with Crippen molar-refractivity contribution in [2.75, 3.05) is 13.1 Å². The summed E-state index contributed by atoms with van der Waals surface area (Å²) in [5, 5.41) is 12.0. The van der Waals surface area contributed by atoms with E-state index in [4.69, 9.17) is 5.26 Å². The molecule has 1 saturated carbocycles. The molecule has 2 aliphatic rings. The van der Waals surface area contributed by atoms with Gasteiger partial charge in [0.25, 0.3) is 0 Å². The van der Waals surface area contributed by atoms with Crippen molar-refractivity contribution in [2.24, 2.45) is 5.41 Å². The van der Waals surface area contributed by atoms with Crippen molar-refractivity contribution in [1.82, 2.24) is 10.2 Å². The zero-order chi connectivity index (χ0) is 11.6. The van der Waals surface area contributed by atoms with Gasteiger partial charge in [-0.15, -0.1) is 0 Å². The number of nitriles is 1. The number of hydrogen-bond donors (Lipinski definition) is 1. The maximum absolute atomic E-state index is 11.8. The van der Waals surface area contributed by atoms with Crippen molar-refractivity contribution >= 4 is 6.03 Å². The average Bonchev–Trinajstić information content (AvgIpc) is 2.24. The average molecular weight is 221 g/mol. The minimum atomic E-state index is -0.229. The molecule has 2 rings (SSSR count). The second-order valence-corrected chi connectivity index (χ2v) is 5.24. The third-order valence-electron chi connectivity index (χ3n) is 3.86. The summed E-state index contributed by atoms with van der Waals surface area (Å²) in [7, 11) is 0. The van der Waals surface area contributed by atoms with E-state index in [0.29, 0.717) is 19.1 Å². The standard InChI is InChI=1S/C12H19N3O/c1-12(9-13)5-7-15(8-6-12)11(16)14-10-3-2-4-10/h10H,2-8H2,1H3,(H,14,16). The van der Waals surface area contributed by atoms with Crippen molar-refractivity contribution in [3.63, 3.8) is 0 Å². The van der Waals surface area contributed by atoms with Crippen LogP contribution in [0.5, 0.6) is 0 Å². The monoisotopic (exact) mass is 221 g/mol. The van der Waals surface area contributed by atoms with Crippen molar-refractivity contribution < 1.29 is 4.79 Å². The van der Waals surface area contributed by atoms with Crippen LogP contribution in [0, 0.1) is 16.7 Å². The Balaban J connectivity index is 1.79. The number of carbonyl (C=O) groups excluding carboxylic acids is 1. The number of piperidine rings is 1. The van der Waals surface area contributed by atoms with Gasteiger partial charge in [0.1, 0.15) is 0 Å². The molecule has 2 amide bonds. The maximum Gasteiger partial charge on any atom is 0.317 e. The molecular formula is C12H19N3O. The van der Waals surface area contributed by atoms with Gasteiger partial charge in [-0.25, -0.2) is 4.79 Å². The van der Waals surface area contributed by atoms with E-state index in [-0.39, 0.29) is 11.4 Å². The molecule has 0 atom stereocenters. The molecule has 1 saturated heterocycles. The summed E-state index contributed by atoms with van der Waals surface area (Å²) in [6.07, 6.45) is 5.06. The van der Waals surface area contributed by atoms with Crippen LogP contribution in [-0.4, -0.2) is 30.1 Å². The Morgan fingerprint density at radius 3 is 2.50 bits per heavy atom. The molecule has 16 heavy (non-hydrogen) atoms. The van der Waals surface area contributed by atoms with Gasteiger partial charge < -0.3 is 10.2 Å². The number of rotatable bonds is 1. The Morgan fingerprint density at radius 1 is 1.44 bits per heavy atom. The zero-order valence-corrected chi connectivity index (χ0v) is 9.83. The van der Waals surface area contributed by atoms with Crippen LogP contribution in [0.3, 0.4) is 0 Å². The highest BCUT2D eigenvalue weighted by molar-refractivity contribution is 5.74. The molecule has 2 fully saturated rings. The van der Waals surface area contributed by atoms with Crippen molar-refractivity contribution in [3.05, 3.63) is 0 Å². The fraction of sp³-hybridized carbons (Fsp3) is 0.833. The minimum Gasteiger partial charge on any atom is -0.335 e. The SMILES string of the molecule is CC1(C#N)CCN(C(=O)NC2CCC2)CC1. The molecular weight excluding hydrogens is 202 g/mol. The highest BCUT2D eigenvalue weighted by Gasteiger charge is 2.32. The van der Waals surface area contributed by atoms with Crippen LogP contribution in [0.25, 0.3) is 0 Å². The van der Waals surface area contributed by atoms with Gasteiger partial charge in [0.15, 0.2) is 0 Å². The molecule has 0 aromatic rings. The summed E-state index contributed by atoms with van der Waals surface area (Å²) in [5.41, 5.74) is -0.229. The minimum absolute atomic E-state index is 0.0599. The van der Waals surface area contributed by atoms with E-state index >= 15 is 0 Å². The lowest BCUT2D eigenvalue weighted by Crippen LogP contribution is -2.50. The molecule has 0 spiro atoms. The molecule has 0 unspecified atom stereocenters. The topological polar surface area (TPSA) is 56.1 Å². The van der Waals surface area contributed by atoms with Gasteiger partial charge in [0, 0.05) is 19.1 Å². The van der Waals surface area contributed by atoms with Crippen LogP contribution in [0.2, 0.25) is 0 Å². The number of amides is 2. The Hall–Kier alpha value is -1.24. The summed E-state index contributed by atoms with van der Waals surface area (Å²) < 4.78 is 0. The maximum atomic E-state index is 11.8. The van der Waals surface area contributed by atoms with Gasteiger partial charge in [0.2, 0.25) is 0 Å². The third-order valence-corrected chi connectivity index (χ3v) is 3.86. The number of nitrogens with one attached hydrogen (secondary N) is 1. The second-order valence-electron chi connectivity index (χ2n) is 5.24. The lowest BCUT2D eigenvalue weighted by atomic mass is 9.82. The molecule has 88 valence electrons. The predicted molar refractivity (Wildman–Crippen MR) is 60.7 cm³/mol. The summed E-state index contributed by atoms with van der Waals surface area (Å²) in [4.78, 5) is 13.7. The first-order valence-corrected chi connectivity index (χ1v) is 6.10. The molecule has 4 nitrogen and oxygen atoms in total. The van der Waals surface area contributed by atoms with E-state index in [2.05, 4.69) is 11.4 Å². The Morgan fingerprint density at radius 2 is 2.06 bits per heavy atom. The smallest absolute Gasteiger partial charge is 0.317 e. The number of likely N-dealkylation sites (tertiary alicyclic amines) is 1. The molecule has 0 aromatic carbocycles. The predicted octanol–water partition coefficient (Wildman–Crippen LogP) is 1.87. The van der Waals surface area contributed by atoms with Crippen LogP contribution in [0.15, 0.2) is 0 Å². The fourth-order valence-electron chi connectivity index (χ4n) is 2.13. The molecule has 0 bridgehead atoms. The summed E-state index contributed by atoms with van der Waals surface area (Å²) in [5.74, 6) is 0. The first kappa shape index (κ1) is 11.3. The van der Waals surface area contributed by atoms with Crippen LogP contribution >= 0.6 is 0 Å². The van der Waals surface area contributed by atoms with E-state index in [9.17, 15) is 4.79 Å². The molecule has 0 radical (unpaired) electrons. The number of urea groups is 1. The number of carbonyl (C=O) groups is 1. The van der Waals surface area contributed by atoms with Crippen molar-refractivity contribution in [2.45, 2.75) is 45.1 Å². The van der Waals surface area contributed by atoms with Crippen LogP contribution in [-0.2, 0) is 0 Å². The van der Waals surface area contributed by atoms with E-state index < -0.39 is 0 Å². The molecule has 0 aromatic heterocycles. The zero-order valence-electron chi connectivity index (χ0n) is 9.83. The van der Waals surface area contributed by atoms with Crippen LogP contribution in [0.1, 0.15) is 39.0 Å². The largest absolute Gasteiger partial charge is 0.335 e. The van der Waals surface area contributed by atoms with Crippen LogP contribution in [0.4, 0.5) is 4.79 Å². The van der Waals surface area contributed by atoms with Gasteiger partial charge in [0.05, 0.1) is 11.5 Å². The van der Waals surface area contributed by atoms with E-state index in [1.54, 1.807) is 0 Å². The number of nitrogens with zero attached hydrogens (tertiary/aromatic N) is 2. The van der Waals surface area contributed by atoms with Gasteiger partial charge in [-0.3, -0.25) is 0 Å². The Bertz CT molecular complexity index is 309. The summed E-state index contributed by atoms with van der Waals surface area (Å²) in [6, 6.07) is 2.80. The molecule has 4 heteroatoms. The van der Waals surface area contributed by atoms with Crippen molar-refractivity contribution in [3.8, 4) is 6.07 Å². The lowest BCUT2D eigenvalue weighted by molar-refractivity contribution is 0.149. The molecule has 1 heterocycles. The molecule has 1 N–H and O–H groups in total. The van der Waals surface area contributed by atoms with E-state index in [1.807, 2.05) is 11.8 Å². The van der Waals surface area contributed by atoms with Gasteiger partial charge in [-0.2, -0.15) is 5.26 Å². The Kier molecular flexibility index (Phi) is 3.04. The van der Waals surface area contributed by atoms with E-state index in [1.165, 1.54) is 6.42 Å². The number of hydrogen-bond acceptors (Lipinski definition) is 2. The first-order chi connectivity index (χ1) is 7.63. The molecule has 1 aliphatic carbocycles. The summed E-state index contributed by atoms with van der Waals surface area (Å²) >= 11 is 0. The van der Waals surface area contributed by atoms with Gasteiger partial charge in [-0.05, 0) is 39.0 Å². The Labute approximate surface area is 96.6 Å². The highest BCUT2D eigenvalue weighted by atomic mass is 16.2. The lowest BCUT2D eigenvalue weighted by Gasteiger charge is -2.36. The quantitative estimate of drug-likeness (QED) is 0.735. The normalized spacial score (nSPS) is 24.4. The van der Waals surface area contributed by atoms with Gasteiger partial charge >= 0.3 is 6.03 Å². The van der Waals surface area contributed by atoms with E-state index in [0.717, 1.165) is 25.7 Å².